The van der Waals surface area contributed by atoms with Crippen LogP contribution in [0.15, 0.2) is 0 Å². The van der Waals surface area contributed by atoms with Crippen molar-refractivity contribution in [3.05, 3.63) is 0 Å². The maximum Gasteiger partial charge on any atom is 0.232 e. The molecule has 0 aromatic rings. The average Bonchev–Trinajstić information content (AvgIpc) is 2.18. The molecule has 0 aromatic carbocycles. The van der Waals surface area contributed by atoms with Gasteiger partial charge in [-0.2, -0.15) is 0 Å². The molecular formula is C10H19N3O2. The molecule has 0 saturated carbocycles. The Morgan fingerprint density at radius 1 is 1.47 bits per heavy atom. The fourth-order valence-corrected chi connectivity index (χ4v) is 1.60. The highest BCUT2D eigenvalue weighted by molar-refractivity contribution is 5.96. The van der Waals surface area contributed by atoms with E-state index >= 15 is 0 Å². The number of rotatable bonds is 2. The molecule has 1 aliphatic heterocycles. The Hall–Kier alpha value is -1.10. The van der Waals surface area contributed by atoms with E-state index in [0.29, 0.717) is 6.54 Å². The van der Waals surface area contributed by atoms with Crippen LogP contribution >= 0.6 is 0 Å². The van der Waals surface area contributed by atoms with Gasteiger partial charge in [0.15, 0.2) is 0 Å². The maximum absolute atomic E-state index is 11.8. The quantitative estimate of drug-likeness (QED) is 0.616. The van der Waals surface area contributed by atoms with Crippen LogP contribution in [0, 0.1) is 0 Å². The highest BCUT2D eigenvalue weighted by Crippen LogP contribution is 2.05. The summed E-state index contributed by atoms with van der Waals surface area (Å²) in [6.45, 7) is 4.30. The number of hydrogen-bond donors (Lipinski definition) is 1. The Kier molecular flexibility index (Phi) is 4.08. The van der Waals surface area contributed by atoms with E-state index in [1.807, 2.05) is 6.92 Å². The normalized spacial score (nSPS) is 21.3. The van der Waals surface area contributed by atoms with Crippen LogP contribution in [0.25, 0.3) is 0 Å². The van der Waals surface area contributed by atoms with Gasteiger partial charge in [-0.15, -0.1) is 0 Å². The molecule has 0 spiro atoms. The standard InChI is InChI=1S/C10H19N3O2/c1-8-7-11-4-5-13(8)10(15)6-9(14)12(2)3/h8,11H,4-7H2,1-3H3/t8-/m0/s1. The van der Waals surface area contributed by atoms with E-state index in [4.69, 9.17) is 0 Å². The van der Waals surface area contributed by atoms with Crippen molar-refractivity contribution in [3.8, 4) is 0 Å². The molecule has 0 bridgehead atoms. The average molecular weight is 213 g/mol. The summed E-state index contributed by atoms with van der Waals surface area (Å²) >= 11 is 0. The van der Waals surface area contributed by atoms with Crippen molar-refractivity contribution in [1.82, 2.24) is 15.1 Å². The predicted molar refractivity (Wildman–Crippen MR) is 57.4 cm³/mol. The molecule has 1 rings (SSSR count). The van der Waals surface area contributed by atoms with Gasteiger partial charge in [0.2, 0.25) is 11.8 Å². The van der Waals surface area contributed by atoms with Gasteiger partial charge in [-0.25, -0.2) is 0 Å². The van der Waals surface area contributed by atoms with E-state index in [9.17, 15) is 9.59 Å². The summed E-state index contributed by atoms with van der Waals surface area (Å²) in [4.78, 5) is 26.4. The van der Waals surface area contributed by atoms with Crippen molar-refractivity contribution >= 4 is 11.8 Å². The molecular weight excluding hydrogens is 194 g/mol. The molecule has 86 valence electrons. The van der Waals surface area contributed by atoms with Crippen molar-refractivity contribution in [2.24, 2.45) is 0 Å². The molecule has 1 atom stereocenters. The third kappa shape index (κ3) is 3.20. The van der Waals surface area contributed by atoms with Gasteiger partial charge in [-0.3, -0.25) is 9.59 Å². The van der Waals surface area contributed by atoms with Gasteiger partial charge in [-0.1, -0.05) is 0 Å². The molecule has 1 N–H and O–H groups in total. The molecule has 0 aliphatic carbocycles. The number of nitrogens with zero attached hydrogens (tertiary/aromatic N) is 2. The summed E-state index contributed by atoms with van der Waals surface area (Å²) in [7, 11) is 3.33. The number of piperazine rings is 1. The SMILES string of the molecule is C[C@H]1CNCCN1C(=O)CC(=O)N(C)C. The minimum Gasteiger partial charge on any atom is -0.348 e. The smallest absolute Gasteiger partial charge is 0.232 e. The second-order valence-corrected chi connectivity index (χ2v) is 4.11. The maximum atomic E-state index is 11.8. The lowest BCUT2D eigenvalue weighted by Crippen LogP contribution is -2.52. The molecule has 5 heteroatoms. The summed E-state index contributed by atoms with van der Waals surface area (Å²) in [5.41, 5.74) is 0. The second-order valence-electron chi connectivity index (χ2n) is 4.11. The van der Waals surface area contributed by atoms with Crippen LogP contribution in [0.5, 0.6) is 0 Å². The van der Waals surface area contributed by atoms with Crippen LogP contribution in [0.1, 0.15) is 13.3 Å². The lowest BCUT2D eigenvalue weighted by Gasteiger charge is -2.34. The summed E-state index contributed by atoms with van der Waals surface area (Å²) in [6.07, 6.45) is -0.0165. The molecule has 15 heavy (non-hydrogen) atoms. The van der Waals surface area contributed by atoms with E-state index in [0.717, 1.165) is 13.1 Å². The third-order valence-electron chi connectivity index (χ3n) is 2.62. The first kappa shape index (κ1) is 12.0. The summed E-state index contributed by atoms with van der Waals surface area (Å²) in [5, 5.41) is 3.21. The number of carbonyl (C=O) groups excluding carboxylic acids is 2. The summed E-state index contributed by atoms with van der Waals surface area (Å²) in [5.74, 6) is -0.201. The molecule has 0 aromatic heterocycles. The molecule has 1 saturated heterocycles. The highest BCUT2D eigenvalue weighted by atomic mass is 16.2. The van der Waals surface area contributed by atoms with Gasteiger partial charge in [-0.05, 0) is 6.92 Å². The van der Waals surface area contributed by atoms with Crippen LogP contribution in [0.3, 0.4) is 0 Å². The molecule has 0 radical (unpaired) electrons. The van der Waals surface area contributed by atoms with E-state index in [1.54, 1.807) is 19.0 Å². The third-order valence-corrected chi connectivity index (χ3v) is 2.62. The first-order valence-electron chi connectivity index (χ1n) is 5.22. The fourth-order valence-electron chi connectivity index (χ4n) is 1.60. The zero-order valence-electron chi connectivity index (χ0n) is 9.62. The van der Waals surface area contributed by atoms with Crippen LogP contribution in [0.2, 0.25) is 0 Å². The lowest BCUT2D eigenvalue weighted by molar-refractivity contribution is -0.141. The van der Waals surface area contributed by atoms with E-state index < -0.39 is 0 Å². The Morgan fingerprint density at radius 3 is 2.67 bits per heavy atom. The Labute approximate surface area is 90.4 Å². The number of carbonyl (C=O) groups is 2. The van der Waals surface area contributed by atoms with Gasteiger partial charge in [0.1, 0.15) is 6.42 Å². The molecule has 1 aliphatic rings. The largest absolute Gasteiger partial charge is 0.348 e. The highest BCUT2D eigenvalue weighted by Gasteiger charge is 2.24. The summed E-state index contributed by atoms with van der Waals surface area (Å²) in [6, 6.07) is 0.182. The van der Waals surface area contributed by atoms with Crippen LogP contribution in [0.4, 0.5) is 0 Å². The Balaban J connectivity index is 2.48. The molecule has 2 amide bonds. The van der Waals surface area contributed by atoms with Gasteiger partial charge in [0.25, 0.3) is 0 Å². The Morgan fingerprint density at radius 2 is 2.13 bits per heavy atom. The predicted octanol–water partition coefficient (Wildman–Crippen LogP) is -0.715. The van der Waals surface area contributed by atoms with E-state index in [1.165, 1.54) is 4.90 Å². The first-order chi connectivity index (χ1) is 7.02. The lowest BCUT2D eigenvalue weighted by atomic mass is 10.2. The Bertz CT molecular complexity index is 253. The topological polar surface area (TPSA) is 52.7 Å². The summed E-state index contributed by atoms with van der Waals surface area (Å²) < 4.78 is 0. The monoisotopic (exact) mass is 213 g/mol. The zero-order valence-corrected chi connectivity index (χ0v) is 9.62. The van der Waals surface area contributed by atoms with Gasteiger partial charge in [0.05, 0.1) is 0 Å². The van der Waals surface area contributed by atoms with Gasteiger partial charge < -0.3 is 15.1 Å². The molecule has 5 nitrogen and oxygen atoms in total. The van der Waals surface area contributed by atoms with Crippen molar-refractivity contribution in [1.29, 1.82) is 0 Å². The first-order valence-corrected chi connectivity index (χ1v) is 5.22. The minimum atomic E-state index is -0.134. The van der Waals surface area contributed by atoms with Gasteiger partial charge in [0, 0.05) is 39.8 Å². The molecule has 1 heterocycles. The number of hydrogen-bond acceptors (Lipinski definition) is 3. The molecule has 1 fully saturated rings. The van der Waals surface area contributed by atoms with Crippen LogP contribution in [-0.2, 0) is 9.59 Å². The van der Waals surface area contributed by atoms with Crippen LogP contribution in [-0.4, -0.2) is 61.4 Å². The molecule has 0 unspecified atom stereocenters. The van der Waals surface area contributed by atoms with Crippen molar-refractivity contribution in [2.75, 3.05) is 33.7 Å². The number of nitrogens with one attached hydrogen (secondary N) is 1. The fraction of sp³-hybridized carbons (Fsp3) is 0.800. The van der Waals surface area contributed by atoms with Crippen molar-refractivity contribution in [2.45, 2.75) is 19.4 Å². The minimum absolute atomic E-state index is 0.0165. The second kappa shape index (κ2) is 5.11. The van der Waals surface area contributed by atoms with E-state index in [2.05, 4.69) is 5.32 Å². The zero-order chi connectivity index (χ0) is 11.4. The number of amides is 2. The van der Waals surface area contributed by atoms with Crippen molar-refractivity contribution < 1.29 is 9.59 Å². The van der Waals surface area contributed by atoms with Gasteiger partial charge >= 0.3 is 0 Å². The van der Waals surface area contributed by atoms with Crippen molar-refractivity contribution in [3.63, 3.8) is 0 Å². The van der Waals surface area contributed by atoms with Crippen LogP contribution < -0.4 is 5.32 Å². The van der Waals surface area contributed by atoms with E-state index in [-0.39, 0.29) is 24.3 Å².